The number of primary amides is 1. The van der Waals surface area contributed by atoms with Crippen LogP contribution in [0.2, 0.25) is 0 Å². The van der Waals surface area contributed by atoms with Crippen molar-refractivity contribution in [3.05, 3.63) is 23.7 Å². The van der Waals surface area contributed by atoms with E-state index < -0.39 is 0 Å². The van der Waals surface area contributed by atoms with E-state index in [0.29, 0.717) is 31.2 Å². The number of furan rings is 1. The number of rotatable bonds is 4. The molecule has 0 aromatic carbocycles. The Balaban J connectivity index is 1.95. The van der Waals surface area contributed by atoms with Gasteiger partial charge in [-0.05, 0) is 18.6 Å². The highest BCUT2D eigenvalue weighted by Gasteiger charge is 2.22. The third-order valence-electron chi connectivity index (χ3n) is 3.33. The lowest BCUT2D eigenvalue weighted by molar-refractivity contribution is -0.119. The van der Waals surface area contributed by atoms with Crippen molar-refractivity contribution in [2.75, 3.05) is 32.7 Å². The van der Waals surface area contributed by atoms with Gasteiger partial charge in [0.2, 0.25) is 5.91 Å². The quantitative estimate of drug-likeness (QED) is 0.764. The Morgan fingerprint density at radius 1 is 1.20 bits per heavy atom. The van der Waals surface area contributed by atoms with Crippen LogP contribution in [0.4, 0.5) is 0 Å². The molecule has 4 N–H and O–H groups in total. The minimum absolute atomic E-state index is 0.134. The minimum Gasteiger partial charge on any atom is -0.455 e. The van der Waals surface area contributed by atoms with Gasteiger partial charge in [0.25, 0.3) is 5.91 Å². The van der Waals surface area contributed by atoms with Crippen LogP contribution < -0.4 is 11.5 Å². The zero-order chi connectivity index (χ0) is 14.5. The Morgan fingerprint density at radius 2 is 2.00 bits per heavy atom. The number of nitrogens with two attached hydrogens (primary N) is 2. The summed E-state index contributed by atoms with van der Waals surface area (Å²) >= 11 is 0. The molecular weight excluding hydrogens is 260 g/mol. The minimum atomic E-state index is -0.344. The molecule has 1 aromatic heterocycles. The first-order chi connectivity index (χ1) is 9.60. The van der Waals surface area contributed by atoms with Gasteiger partial charge in [0.15, 0.2) is 5.76 Å². The lowest BCUT2D eigenvalue weighted by Crippen LogP contribution is -2.38. The zero-order valence-electron chi connectivity index (χ0n) is 11.4. The molecule has 0 unspecified atom stereocenters. The topological polar surface area (TPSA) is 106 Å². The summed E-state index contributed by atoms with van der Waals surface area (Å²) in [7, 11) is 0. The molecule has 7 nitrogen and oxygen atoms in total. The van der Waals surface area contributed by atoms with Gasteiger partial charge in [0.05, 0.1) is 13.1 Å². The molecule has 0 saturated carbocycles. The molecule has 0 atom stereocenters. The van der Waals surface area contributed by atoms with E-state index in [-0.39, 0.29) is 24.9 Å². The number of hydrogen-bond acceptors (Lipinski definition) is 5. The molecular formula is C13H20N4O3. The van der Waals surface area contributed by atoms with Crippen molar-refractivity contribution in [2.45, 2.75) is 13.0 Å². The predicted molar refractivity (Wildman–Crippen MR) is 72.8 cm³/mol. The number of hydrogen-bond donors (Lipinski definition) is 2. The second-order valence-corrected chi connectivity index (χ2v) is 4.86. The van der Waals surface area contributed by atoms with Gasteiger partial charge in [-0.15, -0.1) is 0 Å². The molecule has 1 aliphatic heterocycles. The Morgan fingerprint density at radius 3 is 2.65 bits per heavy atom. The van der Waals surface area contributed by atoms with Gasteiger partial charge < -0.3 is 20.8 Å². The Hall–Kier alpha value is -1.86. The lowest BCUT2D eigenvalue weighted by Gasteiger charge is -2.20. The summed E-state index contributed by atoms with van der Waals surface area (Å²) in [5, 5.41) is 0. The maximum atomic E-state index is 12.3. The van der Waals surface area contributed by atoms with Gasteiger partial charge in [0.1, 0.15) is 5.76 Å². The molecule has 7 heteroatoms. The largest absolute Gasteiger partial charge is 0.455 e. The van der Waals surface area contributed by atoms with Gasteiger partial charge in [-0.1, -0.05) is 0 Å². The molecule has 0 spiro atoms. The Bertz CT molecular complexity index is 486. The predicted octanol–water partition coefficient (Wildman–Crippen LogP) is -0.628. The van der Waals surface area contributed by atoms with Crippen LogP contribution in [0, 0.1) is 0 Å². The van der Waals surface area contributed by atoms with Gasteiger partial charge in [0, 0.05) is 26.2 Å². The lowest BCUT2D eigenvalue weighted by atomic mass is 10.3. The molecule has 0 bridgehead atoms. The van der Waals surface area contributed by atoms with Crippen LogP contribution in [-0.2, 0) is 11.3 Å². The van der Waals surface area contributed by atoms with Gasteiger partial charge in [-0.2, -0.15) is 0 Å². The number of carbonyl (C=O) groups is 2. The molecule has 1 fully saturated rings. The van der Waals surface area contributed by atoms with Crippen LogP contribution in [0.5, 0.6) is 0 Å². The van der Waals surface area contributed by atoms with E-state index in [1.807, 2.05) is 4.90 Å². The van der Waals surface area contributed by atoms with E-state index in [0.717, 1.165) is 13.0 Å². The first-order valence-corrected chi connectivity index (χ1v) is 6.69. The van der Waals surface area contributed by atoms with E-state index in [2.05, 4.69) is 0 Å². The maximum Gasteiger partial charge on any atom is 0.289 e. The Kier molecular flexibility index (Phi) is 4.75. The second-order valence-electron chi connectivity index (χ2n) is 4.86. The second kappa shape index (κ2) is 6.53. The molecule has 0 radical (unpaired) electrons. The van der Waals surface area contributed by atoms with Crippen molar-refractivity contribution >= 4 is 11.8 Å². The van der Waals surface area contributed by atoms with Gasteiger partial charge >= 0.3 is 0 Å². The maximum absolute atomic E-state index is 12.3. The molecule has 1 saturated heterocycles. The summed E-state index contributed by atoms with van der Waals surface area (Å²) < 4.78 is 5.38. The molecule has 2 rings (SSSR count). The molecule has 0 aliphatic carbocycles. The average molecular weight is 280 g/mol. The third kappa shape index (κ3) is 3.58. The summed E-state index contributed by atoms with van der Waals surface area (Å²) in [5.41, 5.74) is 10.7. The highest BCUT2D eigenvalue weighted by atomic mass is 16.4. The van der Waals surface area contributed by atoms with Crippen LogP contribution in [0.1, 0.15) is 22.7 Å². The van der Waals surface area contributed by atoms with Crippen LogP contribution in [-0.4, -0.2) is 54.3 Å². The monoisotopic (exact) mass is 280 g/mol. The first-order valence-electron chi connectivity index (χ1n) is 6.69. The Labute approximate surface area is 117 Å². The van der Waals surface area contributed by atoms with Crippen LogP contribution >= 0.6 is 0 Å². The first kappa shape index (κ1) is 14.5. The van der Waals surface area contributed by atoms with Crippen molar-refractivity contribution in [1.29, 1.82) is 0 Å². The van der Waals surface area contributed by atoms with E-state index in [4.69, 9.17) is 15.9 Å². The molecule has 2 heterocycles. The smallest absolute Gasteiger partial charge is 0.289 e. The standard InChI is InChI=1S/C13H20N4O3/c14-8-10-2-3-11(20-10)13(19)17-5-1-4-16(6-7-17)9-12(15)18/h2-3H,1,4-9,14H2,(H2,15,18). The van der Waals surface area contributed by atoms with Crippen molar-refractivity contribution < 1.29 is 14.0 Å². The molecule has 2 amide bonds. The van der Waals surface area contributed by atoms with Crippen molar-refractivity contribution in [1.82, 2.24) is 9.80 Å². The van der Waals surface area contributed by atoms with E-state index in [9.17, 15) is 9.59 Å². The van der Waals surface area contributed by atoms with Gasteiger partial charge in [-0.3, -0.25) is 14.5 Å². The highest BCUT2D eigenvalue weighted by Crippen LogP contribution is 2.12. The van der Waals surface area contributed by atoms with E-state index >= 15 is 0 Å². The van der Waals surface area contributed by atoms with Crippen molar-refractivity contribution in [2.24, 2.45) is 11.5 Å². The van der Waals surface area contributed by atoms with E-state index in [1.165, 1.54) is 0 Å². The van der Waals surface area contributed by atoms with Crippen LogP contribution in [0.25, 0.3) is 0 Å². The molecule has 1 aliphatic rings. The number of carbonyl (C=O) groups excluding carboxylic acids is 2. The SMILES string of the molecule is NCc1ccc(C(=O)N2CCCN(CC(N)=O)CC2)o1. The zero-order valence-corrected chi connectivity index (χ0v) is 11.4. The molecule has 20 heavy (non-hydrogen) atoms. The van der Waals surface area contributed by atoms with Crippen LogP contribution in [0.3, 0.4) is 0 Å². The van der Waals surface area contributed by atoms with Crippen molar-refractivity contribution in [3.8, 4) is 0 Å². The fraction of sp³-hybridized carbons (Fsp3) is 0.538. The summed E-state index contributed by atoms with van der Waals surface area (Å²) in [5.74, 6) is 0.432. The van der Waals surface area contributed by atoms with E-state index in [1.54, 1.807) is 17.0 Å². The summed E-state index contributed by atoms with van der Waals surface area (Å²) in [6.07, 6.45) is 0.809. The summed E-state index contributed by atoms with van der Waals surface area (Å²) in [6, 6.07) is 3.36. The molecule has 110 valence electrons. The third-order valence-corrected chi connectivity index (χ3v) is 3.33. The van der Waals surface area contributed by atoms with Gasteiger partial charge in [-0.25, -0.2) is 0 Å². The number of nitrogens with zero attached hydrogens (tertiary/aromatic N) is 2. The normalized spacial score (nSPS) is 16.9. The fourth-order valence-corrected chi connectivity index (χ4v) is 2.31. The average Bonchev–Trinajstić information content (AvgIpc) is 2.78. The fourth-order valence-electron chi connectivity index (χ4n) is 2.31. The number of amides is 2. The summed E-state index contributed by atoms with van der Waals surface area (Å²) in [4.78, 5) is 26.9. The summed E-state index contributed by atoms with van der Waals surface area (Å²) in [6.45, 7) is 3.12. The molecule has 1 aromatic rings. The highest BCUT2D eigenvalue weighted by molar-refractivity contribution is 5.91. The van der Waals surface area contributed by atoms with Crippen molar-refractivity contribution in [3.63, 3.8) is 0 Å². The van der Waals surface area contributed by atoms with Crippen LogP contribution in [0.15, 0.2) is 16.5 Å².